The maximum absolute atomic E-state index is 13.6. The molecule has 0 aliphatic heterocycles. The Bertz CT molecular complexity index is 430. The second-order valence-electron chi connectivity index (χ2n) is 4.70. The lowest BCUT2D eigenvalue weighted by molar-refractivity contribution is 0.0939. The van der Waals surface area contributed by atoms with E-state index < -0.39 is 0 Å². The number of halogens is 1. The molecule has 1 amide bonds. The van der Waals surface area contributed by atoms with Crippen molar-refractivity contribution in [2.45, 2.75) is 26.2 Å². The average molecular weight is 250 g/mol. The number of para-hydroxylation sites is 1. The van der Waals surface area contributed by atoms with Gasteiger partial charge in [-0.2, -0.15) is 0 Å². The molecule has 18 heavy (non-hydrogen) atoms. The third-order valence-corrected chi connectivity index (χ3v) is 3.39. The van der Waals surface area contributed by atoms with E-state index in [0.717, 1.165) is 0 Å². The van der Waals surface area contributed by atoms with Crippen molar-refractivity contribution in [3.63, 3.8) is 0 Å². The number of nitrogens with one attached hydrogen (secondary N) is 2. The van der Waals surface area contributed by atoms with Gasteiger partial charge < -0.3 is 10.6 Å². The Balaban J connectivity index is 2.05. The second kappa shape index (κ2) is 5.85. The Morgan fingerprint density at radius 3 is 2.83 bits per heavy atom. The zero-order valence-corrected chi connectivity index (χ0v) is 10.6. The predicted octanol–water partition coefficient (Wildman–Crippen LogP) is 2.79. The van der Waals surface area contributed by atoms with Crippen molar-refractivity contribution in [2.24, 2.45) is 5.92 Å². The van der Waals surface area contributed by atoms with Gasteiger partial charge >= 0.3 is 0 Å². The van der Waals surface area contributed by atoms with Crippen LogP contribution >= 0.6 is 0 Å². The fourth-order valence-electron chi connectivity index (χ4n) is 2.10. The number of hydrogen-bond donors (Lipinski definition) is 2. The van der Waals surface area contributed by atoms with Crippen LogP contribution in [-0.4, -0.2) is 19.0 Å². The minimum absolute atomic E-state index is 0.197. The van der Waals surface area contributed by atoms with E-state index in [0.29, 0.717) is 30.3 Å². The van der Waals surface area contributed by atoms with Gasteiger partial charge in [0.25, 0.3) is 5.91 Å². The van der Waals surface area contributed by atoms with Crippen molar-refractivity contribution in [1.82, 2.24) is 5.32 Å². The molecule has 1 aliphatic carbocycles. The molecule has 0 unspecified atom stereocenters. The molecule has 0 heterocycles. The van der Waals surface area contributed by atoms with Gasteiger partial charge in [0.1, 0.15) is 5.82 Å². The summed E-state index contributed by atoms with van der Waals surface area (Å²) in [4.78, 5) is 12.0. The summed E-state index contributed by atoms with van der Waals surface area (Å²) in [5.74, 6) is 0.0237. The molecule has 1 aromatic rings. The lowest BCUT2D eigenvalue weighted by Crippen LogP contribution is -2.32. The molecule has 0 spiro atoms. The maximum atomic E-state index is 13.6. The summed E-state index contributed by atoms with van der Waals surface area (Å²) in [6.45, 7) is 3.16. The molecule has 0 bridgehead atoms. The quantitative estimate of drug-likeness (QED) is 0.843. The Labute approximate surface area is 107 Å². The zero-order chi connectivity index (χ0) is 13.0. The standard InChI is InChI=1S/C14H19FN2O/c1-2-16-13-11(7-4-8-12(13)15)14(18)17-9-10-5-3-6-10/h4,7-8,10,16H,2-3,5-6,9H2,1H3,(H,17,18). The van der Waals surface area contributed by atoms with Gasteiger partial charge in [-0.3, -0.25) is 4.79 Å². The maximum Gasteiger partial charge on any atom is 0.253 e. The van der Waals surface area contributed by atoms with Gasteiger partial charge in [0.15, 0.2) is 0 Å². The van der Waals surface area contributed by atoms with E-state index >= 15 is 0 Å². The van der Waals surface area contributed by atoms with Gasteiger partial charge in [0, 0.05) is 13.1 Å². The van der Waals surface area contributed by atoms with Gasteiger partial charge in [-0.25, -0.2) is 4.39 Å². The monoisotopic (exact) mass is 250 g/mol. The lowest BCUT2D eigenvalue weighted by Gasteiger charge is -2.25. The van der Waals surface area contributed by atoms with Crippen LogP contribution in [-0.2, 0) is 0 Å². The zero-order valence-electron chi connectivity index (χ0n) is 10.6. The highest BCUT2D eigenvalue weighted by Crippen LogP contribution is 2.25. The Kier molecular flexibility index (Phi) is 4.18. The third kappa shape index (κ3) is 2.81. The number of hydrogen-bond acceptors (Lipinski definition) is 2. The normalized spacial score (nSPS) is 15.0. The summed E-state index contributed by atoms with van der Waals surface area (Å²) in [6.07, 6.45) is 3.62. The molecular formula is C14H19FN2O. The minimum Gasteiger partial charge on any atom is -0.382 e. The van der Waals surface area contributed by atoms with E-state index in [9.17, 15) is 9.18 Å². The number of anilines is 1. The van der Waals surface area contributed by atoms with Gasteiger partial charge in [-0.15, -0.1) is 0 Å². The number of amides is 1. The first kappa shape index (κ1) is 12.9. The SMILES string of the molecule is CCNc1c(F)cccc1C(=O)NCC1CCC1. The molecule has 1 aromatic carbocycles. The highest BCUT2D eigenvalue weighted by atomic mass is 19.1. The average Bonchev–Trinajstić information content (AvgIpc) is 2.29. The van der Waals surface area contributed by atoms with Crippen LogP contribution in [0.4, 0.5) is 10.1 Å². The van der Waals surface area contributed by atoms with E-state index in [-0.39, 0.29) is 11.7 Å². The van der Waals surface area contributed by atoms with Crippen molar-refractivity contribution in [3.8, 4) is 0 Å². The Morgan fingerprint density at radius 2 is 2.22 bits per heavy atom. The van der Waals surface area contributed by atoms with Crippen LogP contribution in [0.2, 0.25) is 0 Å². The molecule has 0 aromatic heterocycles. The van der Waals surface area contributed by atoms with E-state index in [1.807, 2.05) is 6.92 Å². The van der Waals surface area contributed by atoms with Crippen molar-refractivity contribution in [3.05, 3.63) is 29.6 Å². The lowest BCUT2D eigenvalue weighted by atomic mass is 9.85. The molecule has 3 nitrogen and oxygen atoms in total. The minimum atomic E-state index is -0.381. The van der Waals surface area contributed by atoms with Crippen LogP contribution in [0.5, 0.6) is 0 Å². The van der Waals surface area contributed by atoms with Gasteiger partial charge in [-0.05, 0) is 37.8 Å². The summed E-state index contributed by atoms with van der Waals surface area (Å²) in [5.41, 5.74) is 0.683. The fraction of sp³-hybridized carbons (Fsp3) is 0.500. The van der Waals surface area contributed by atoms with Crippen LogP contribution in [0, 0.1) is 11.7 Å². The van der Waals surface area contributed by atoms with Crippen molar-refractivity contribution in [2.75, 3.05) is 18.4 Å². The van der Waals surface area contributed by atoms with Gasteiger partial charge in [-0.1, -0.05) is 12.5 Å². The summed E-state index contributed by atoms with van der Waals surface area (Å²) >= 11 is 0. The van der Waals surface area contributed by atoms with E-state index in [2.05, 4.69) is 10.6 Å². The Hall–Kier alpha value is -1.58. The number of carbonyl (C=O) groups is 1. The molecule has 4 heteroatoms. The number of rotatable bonds is 5. The van der Waals surface area contributed by atoms with E-state index in [1.54, 1.807) is 12.1 Å². The van der Waals surface area contributed by atoms with Crippen molar-refractivity contribution >= 4 is 11.6 Å². The molecule has 0 radical (unpaired) electrons. The summed E-state index contributed by atoms with van der Waals surface area (Å²) in [7, 11) is 0. The molecule has 1 aliphatic rings. The highest BCUT2D eigenvalue weighted by molar-refractivity contribution is 5.99. The molecule has 1 saturated carbocycles. The van der Waals surface area contributed by atoms with Crippen LogP contribution in [0.1, 0.15) is 36.5 Å². The molecule has 98 valence electrons. The van der Waals surface area contributed by atoms with Gasteiger partial charge in [0.2, 0.25) is 0 Å². The van der Waals surface area contributed by atoms with Crippen LogP contribution in [0.3, 0.4) is 0 Å². The predicted molar refractivity (Wildman–Crippen MR) is 70.2 cm³/mol. The van der Waals surface area contributed by atoms with Gasteiger partial charge in [0.05, 0.1) is 11.3 Å². The van der Waals surface area contributed by atoms with Crippen LogP contribution < -0.4 is 10.6 Å². The van der Waals surface area contributed by atoms with Crippen LogP contribution in [0.15, 0.2) is 18.2 Å². The summed E-state index contributed by atoms with van der Waals surface area (Å²) < 4.78 is 13.6. The molecule has 2 N–H and O–H groups in total. The number of benzene rings is 1. The first-order valence-corrected chi connectivity index (χ1v) is 6.53. The summed E-state index contributed by atoms with van der Waals surface area (Å²) in [6, 6.07) is 4.58. The molecule has 0 atom stereocenters. The fourth-order valence-corrected chi connectivity index (χ4v) is 2.10. The topological polar surface area (TPSA) is 41.1 Å². The highest BCUT2D eigenvalue weighted by Gasteiger charge is 2.20. The van der Waals surface area contributed by atoms with Crippen LogP contribution in [0.25, 0.3) is 0 Å². The number of carbonyl (C=O) groups excluding carboxylic acids is 1. The van der Waals surface area contributed by atoms with Crippen molar-refractivity contribution in [1.29, 1.82) is 0 Å². The third-order valence-electron chi connectivity index (χ3n) is 3.39. The largest absolute Gasteiger partial charge is 0.382 e. The molecule has 1 fully saturated rings. The molecule has 2 rings (SSSR count). The van der Waals surface area contributed by atoms with E-state index in [4.69, 9.17) is 0 Å². The second-order valence-corrected chi connectivity index (χ2v) is 4.70. The molecule has 0 saturated heterocycles. The Morgan fingerprint density at radius 1 is 1.44 bits per heavy atom. The first-order chi connectivity index (χ1) is 8.72. The smallest absolute Gasteiger partial charge is 0.253 e. The van der Waals surface area contributed by atoms with E-state index in [1.165, 1.54) is 25.3 Å². The van der Waals surface area contributed by atoms with Crippen molar-refractivity contribution < 1.29 is 9.18 Å². The summed E-state index contributed by atoms with van der Waals surface area (Å²) in [5, 5.41) is 5.79. The molecular weight excluding hydrogens is 231 g/mol. The first-order valence-electron chi connectivity index (χ1n) is 6.53.